The number of halogens is 1. The van der Waals surface area contributed by atoms with E-state index in [-0.39, 0.29) is 11.4 Å². The maximum absolute atomic E-state index is 13.1. The summed E-state index contributed by atoms with van der Waals surface area (Å²) in [6.45, 7) is 0.613. The lowest BCUT2D eigenvalue weighted by atomic mass is 10.3. The van der Waals surface area contributed by atoms with Gasteiger partial charge in [0.05, 0.1) is 11.4 Å². The topological polar surface area (TPSA) is 91.6 Å². The number of hydrogen-bond donors (Lipinski definition) is 1. The minimum atomic E-state index is -0.805. The molecular weight excluding hydrogens is 393 g/mol. The number of anilines is 1. The fraction of sp³-hybridized carbons (Fsp3) is 0.190. The van der Waals surface area contributed by atoms with Crippen molar-refractivity contribution in [3.05, 3.63) is 76.5 Å². The van der Waals surface area contributed by atoms with Crippen LogP contribution in [0.15, 0.2) is 59.4 Å². The van der Waals surface area contributed by atoms with Crippen molar-refractivity contribution in [3.63, 3.8) is 0 Å². The van der Waals surface area contributed by atoms with Crippen LogP contribution in [0.3, 0.4) is 0 Å². The second-order valence-corrected chi connectivity index (χ2v) is 6.39. The van der Waals surface area contributed by atoms with E-state index in [1.54, 1.807) is 42.9 Å². The SMILES string of the molecule is Cc1c(NC(=O)COC(=O)COc2cccc(F)c2)c(=O)n(-c2ccccc2)n1C. The number of carbonyl (C=O) groups is 2. The Balaban J connectivity index is 1.59. The van der Waals surface area contributed by atoms with Crippen LogP contribution in [0.4, 0.5) is 10.1 Å². The van der Waals surface area contributed by atoms with Gasteiger partial charge < -0.3 is 14.8 Å². The molecule has 2 aromatic carbocycles. The summed E-state index contributed by atoms with van der Waals surface area (Å²) in [7, 11) is 1.70. The molecule has 0 atom stereocenters. The predicted molar refractivity (Wildman–Crippen MR) is 107 cm³/mol. The van der Waals surface area contributed by atoms with Crippen molar-refractivity contribution in [1.82, 2.24) is 9.36 Å². The lowest BCUT2D eigenvalue weighted by molar-refractivity contribution is -0.149. The number of benzene rings is 2. The second-order valence-electron chi connectivity index (χ2n) is 6.39. The molecule has 0 saturated heterocycles. The molecule has 8 nitrogen and oxygen atoms in total. The summed E-state index contributed by atoms with van der Waals surface area (Å²) in [6, 6.07) is 14.3. The summed E-state index contributed by atoms with van der Waals surface area (Å²) < 4.78 is 26.1. The van der Waals surface area contributed by atoms with Gasteiger partial charge in [0.1, 0.15) is 17.3 Å². The Labute approximate surface area is 171 Å². The summed E-state index contributed by atoms with van der Waals surface area (Å²) in [5.41, 5.74) is 0.876. The van der Waals surface area contributed by atoms with Gasteiger partial charge in [0.25, 0.3) is 11.5 Å². The van der Waals surface area contributed by atoms with E-state index in [1.165, 1.54) is 22.9 Å². The summed E-state index contributed by atoms with van der Waals surface area (Å²) in [4.78, 5) is 36.6. The average Bonchev–Trinajstić information content (AvgIpc) is 2.94. The predicted octanol–water partition coefficient (Wildman–Crippen LogP) is 2.18. The lowest BCUT2D eigenvalue weighted by Gasteiger charge is -2.07. The highest BCUT2D eigenvalue weighted by atomic mass is 19.1. The van der Waals surface area contributed by atoms with Crippen LogP contribution < -0.4 is 15.6 Å². The number of hydrogen-bond acceptors (Lipinski definition) is 5. The molecule has 9 heteroatoms. The highest BCUT2D eigenvalue weighted by Gasteiger charge is 2.18. The van der Waals surface area contributed by atoms with Crippen LogP contribution in [0.5, 0.6) is 5.75 Å². The molecule has 1 heterocycles. The van der Waals surface area contributed by atoms with Crippen LogP contribution in [0.2, 0.25) is 0 Å². The zero-order valence-electron chi connectivity index (χ0n) is 16.4. The largest absolute Gasteiger partial charge is 0.482 e. The van der Waals surface area contributed by atoms with Crippen LogP contribution >= 0.6 is 0 Å². The molecule has 156 valence electrons. The molecule has 0 aliphatic carbocycles. The quantitative estimate of drug-likeness (QED) is 0.600. The van der Waals surface area contributed by atoms with Gasteiger partial charge in [-0.2, -0.15) is 0 Å². The number of ether oxygens (including phenoxy) is 2. The second kappa shape index (κ2) is 9.08. The van der Waals surface area contributed by atoms with Crippen LogP contribution in [-0.4, -0.2) is 34.5 Å². The molecule has 0 aliphatic heterocycles. The van der Waals surface area contributed by atoms with Crippen LogP contribution in [-0.2, 0) is 21.4 Å². The van der Waals surface area contributed by atoms with Gasteiger partial charge in [-0.3, -0.25) is 14.3 Å². The Kier molecular flexibility index (Phi) is 6.31. The van der Waals surface area contributed by atoms with Crippen molar-refractivity contribution in [2.45, 2.75) is 6.92 Å². The van der Waals surface area contributed by atoms with Crippen molar-refractivity contribution in [1.29, 1.82) is 0 Å². The number of aromatic nitrogens is 2. The molecule has 30 heavy (non-hydrogen) atoms. The number of nitrogens with one attached hydrogen (secondary N) is 1. The summed E-state index contributed by atoms with van der Waals surface area (Å²) in [6.07, 6.45) is 0. The van der Waals surface area contributed by atoms with E-state index in [0.29, 0.717) is 11.4 Å². The molecule has 3 rings (SSSR count). The van der Waals surface area contributed by atoms with Gasteiger partial charge in [-0.1, -0.05) is 24.3 Å². The molecule has 0 aliphatic rings. The van der Waals surface area contributed by atoms with Crippen molar-refractivity contribution in [2.24, 2.45) is 7.05 Å². The summed E-state index contributed by atoms with van der Waals surface area (Å²) in [5, 5.41) is 2.49. The molecule has 0 saturated carbocycles. The van der Waals surface area contributed by atoms with Gasteiger partial charge in [0.2, 0.25) is 0 Å². The van der Waals surface area contributed by atoms with E-state index in [1.807, 2.05) is 6.07 Å². The van der Waals surface area contributed by atoms with Crippen molar-refractivity contribution in [2.75, 3.05) is 18.5 Å². The van der Waals surface area contributed by atoms with Crippen LogP contribution in [0.1, 0.15) is 5.69 Å². The third-order valence-corrected chi connectivity index (χ3v) is 4.34. The highest BCUT2D eigenvalue weighted by molar-refractivity contribution is 5.93. The third kappa shape index (κ3) is 4.75. The van der Waals surface area contributed by atoms with Gasteiger partial charge >= 0.3 is 5.97 Å². The Morgan fingerprint density at radius 2 is 1.80 bits per heavy atom. The van der Waals surface area contributed by atoms with E-state index in [4.69, 9.17) is 9.47 Å². The maximum atomic E-state index is 13.1. The first-order chi connectivity index (χ1) is 14.4. The van der Waals surface area contributed by atoms with Gasteiger partial charge in [0.15, 0.2) is 13.2 Å². The lowest BCUT2D eigenvalue weighted by Crippen LogP contribution is -2.27. The van der Waals surface area contributed by atoms with Crippen molar-refractivity contribution in [3.8, 4) is 11.4 Å². The number of esters is 1. The van der Waals surface area contributed by atoms with Gasteiger partial charge in [-0.15, -0.1) is 0 Å². The van der Waals surface area contributed by atoms with E-state index < -0.39 is 36.5 Å². The molecule has 3 aromatic rings. The number of nitrogens with zero attached hydrogens (tertiary/aromatic N) is 2. The summed E-state index contributed by atoms with van der Waals surface area (Å²) >= 11 is 0. The molecule has 1 amide bonds. The third-order valence-electron chi connectivity index (χ3n) is 4.34. The summed E-state index contributed by atoms with van der Waals surface area (Å²) in [5.74, 6) is -1.81. The van der Waals surface area contributed by atoms with Gasteiger partial charge in [0, 0.05) is 13.1 Å². The Bertz CT molecular complexity index is 1120. The maximum Gasteiger partial charge on any atom is 0.344 e. The molecule has 0 fully saturated rings. The fourth-order valence-electron chi connectivity index (χ4n) is 2.77. The van der Waals surface area contributed by atoms with E-state index in [9.17, 15) is 18.8 Å². The first kappa shape index (κ1) is 20.8. The molecule has 0 unspecified atom stereocenters. The van der Waals surface area contributed by atoms with Gasteiger partial charge in [-0.05, 0) is 31.2 Å². The number of carbonyl (C=O) groups excluding carboxylic acids is 2. The minimum absolute atomic E-state index is 0.0958. The molecule has 0 spiro atoms. The van der Waals surface area contributed by atoms with Crippen LogP contribution in [0.25, 0.3) is 5.69 Å². The zero-order valence-corrected chi connectivity index (χ0v) is 16.4. The molecular formula is C21H20FN3O5. The molecule has 0 bridgehead atoms. The van der Waals surface area contributed by atoms with Gasteiger partial charge in [-0.25, -0.2) is 13.9 Å². The van der Waals surface area contributed by atoms with Crippen molar-refractivity contribution < 1.29 is 23.5 Å². The molecule has 0 radical (unpaired) electrons. The first-order valence-electron chi connectivity index (χ1n) is 9.04. The number of para-hydroxylation sites is 1. The van der Waals surface area contributed by atoms with E-state index in [2.05, 4.69) is 5.32 Å². The Morgan fingerprint density at radius 1 is 1.07 bits per heavy atom. The Hall–Kier alpha value is -3.88. The standard InChI is InChI=1S/C21H20FN3O5/c1-14-20(21(28)25(24(14)2)16-8-4-3-5-9-16)23-18(26)12-30-19(27)13-29-17-10-6-7-15(22)11-17/h3-11H,12-13H2,1-2H3,(H,23,26). The zero-order chi connectivity index (χ0) is 21.7. The monoisotopic (exact) mass is 413 g/mol. The van der Waals surface area contributed by atoms with E-state index in [0.717, 1.165) is 6.07 Å². The normalized spacial score (nSPS) is 10.5. The smallest absolute Gasteiger partial charge is 0.344 e. The van der Waals surface area contributed by atoms with Crippen LogP contribution in [0, 0.1) is 12.7 Å². The van der Waals surface area contributed by atoms with E-state index >= 15 is 0 Å². The number of amides is 1. The highest BCUT2D eigenvalue weighted by Crippen LogP contribution is 2.14. The Morgan fingerprint density at radius 3 is 2.50 bits per heavy atom. The fourth-order valence-corrected chi connectivity index (χ4v) is 2.77. The molecule has 1 aromatic heterocycles. The minimum Gasteiger partial charge on any atom is -0.482 e. The first-order valence-corrected chi connectivity index (χ1v) is 9.04. The average molecular weight is 413 g/mol. The molecule has 1 N–H and O–H groups in total. The van der Waals surface area contributed by atoms with Crippen molar-refractivity contribution >= 4 is 17.6 Å². The number of rotatable bonds is 7.